The normalized spacial score (nSPS) is 28.7. The van der Waals surface area contributed by atoms with Crippen LogP contribution in [0.3, 0.4) is 0 Å². The minimum Gasteiger partial charge on any atom is -0.375 e. The number of para-hydroxylation sites is 1. The first kappa shape index (κ1) is 12.0. The first-order chi connectivity index (χ1) is 9.79. The predicted octanol–water partition coefficient (Wildman–Crippen LogP) is 3.38. The molecule has 2 aliphatic heterocycles. The lowest BCUT2D eigenvalue weighted by molar-refractivity contribution is -0.0149. The second-order valence-corrected chi connectivity index (χ2v) is 5.91. The average Bonchev–Trinajstić information content (AvgIpc) is 2.84. The Hall–Kier alpha value is -1.74. The molecule has 3 heteroatoms. The van der Waals surface area contributed by atoms with Crippen molar-refractivity contribution in [1.29, 1.82) is 0 Å². The summed E-state index contributed by atoms with van der Waals surface area (Å²) >= 11 is 0. The van der Waals surface area contributed by atoms with Crippen molar-refractivity contribution in [3.63, 3.8) is 0 Å². The van der Waals surface area contributed by atoms with Gasteiger partial charge in [-0.1, -0.05) is 18.2 Å². The van der Waals surface area contributed by atoms with Crippen LogP contribution in [-0.2, 0) is 4.74 Å². The number of ketones is 1. The molecular weight excluding hydrogens is 250 g/mol. The van der Waals surface area contributed by atoms with Gasteiger partial charge in [-0.25, -0.2) is 0 Å². The molecule has 2 saturated heterocycles. The van der Waals surface area contributed by atoms with Crippen LogP contribution in [0.5, 0.6) is 0 Å². The summed E-state index contributed by atoms with van der Waals surface area (Å²) in [4.78, 5) is 17.1. The van der Waals surface area contributed by atoms with Crippen LogP contribution < -0.4 is 0 Å². The van der Waals surface area contributed by atoms with Gasteiger partial charge >= 0.3 is 0 Å². The summed E-state index contributed by atoms with van der Waals surface area (Å²) in [7, 11) is 0. The lowest BCUT2D eigenvalue weighted by atomic mass is 9.88. The van der Waals surface area contributed by atoms with Crippen LogP contribution >= 0.6 is 0 Å². The van der Waals surface area contributed by atoms with E-state index in [-0.39, 0.29) is 11.7 Å². The van der Waals surface area contributed by atoms with Gasteiger partial charge in [0.2, 0.25) is 0 Å². The van der Waals surface area contributed by atoms with Gasteiger partial charge in [0, 0.05) is 23.1 Å². The van der Waals surface area contributed by atoms with E-state index in [0.717, 1.165) is 42.1 Å². The summed E-state index contributed by atoms with van der Waals surface area (Å²) in [6.45, 7) is 0. The molecule has 20 heavy (non-hydrogen) atoms. The van der Waals surface area contributed by atoms with Gasteiger partial charge in [0.1, 0.15) is 0 Å². The van der Waals surface area contributed by atoms with Crippen molar-refractivity contribution in [3.8, 4) is 0 Å². The number of fused-ring (bicyclic) bond motifs is 3. The average molecular weight is 267 g/mol. The number of rotatable bonds is 2. The maximum atomic E-state index is 12.7. The van der Waals surface area contributed by atoms with Crippen molar-refractivity contribution in [2.75, 3.05) is 0 Å². The fraction of sp³-hybridized carbons (Fsp3) is 0.412. The third-order valence-electron chi connectivity index (χ3n) is 4.54. The Morgan fingerprint density at radius 3 is 2.70 bits per heavy atom. The molecule has 2 atom stereocenters. The SMILES string of the molecule is O=C(c1cnc2ccccc2c1)C1CC2CCC(C1)O2. The molecule has 4 rings (SSSR count). The second-order valence-electron chi connectivity index (χ2n) is 5.91. The molecule has 2 fully saturated rings. The van der Waals surface area contributed by atoms with Gasteiger partial charge in [-0.3, -0.25) is 9.78 Å². The Morgan fingerprint density at radius 1 is 1.15 bits per heavy atom. The molecule has 2 aliphatic rings. The van der Waals surface area contributed by atoms with Crippen LogP contribution in [0.2, 0.25) is 0 Å². The van der Waals surface area contributed by atoms with E-state index >= 15 is 0 Å². The number of aromatic nitrogens is 1. The van der Waals surface area contributed by atoms with Crippen LogP contribution in [0.15, 0.2) is 36.5 Å². The fourth-order valence-corrected chi connectivity index (χ4v) is 3.51. The number of hydrogen-bond acceptors (Lipinski definition) is 3. The highest BCUT2D eigenvalue weighted by atomic mass is 16.5. The van der Waals surface area contributed by atoms with Gasteiger partial charge in [-0.15, -0.1) is 0 Å². The molecule has 0 amide bonds. The highest BCUT2D eigenvalue weighted by Crippen LogP contribution is 2.37. The summed E-state index contributed by atoms with van der Waals surface area (Å²) in [6.07, 6.45) is 6.31. The zero-order valence-electron chi connectivity index (χ0n) is 11.3. The Kier molecular flexibility index (Phi) is 2.81. The Labute approximate surface area is 118 Å². The number of carbonyl (C=O) groups is 1. The van der Waals surface area contributed by atoms with E-state index in [1.807, 2.05) is 30.3 Å². The van der Waals surface area contributed by atoms with Crippen LogP contribution in [0, 0.1) is 5.92 Å². The van der Waals surface area contributed by atoms with E-state index in [0.29, 0.717) is 12.2 Å². The van der Waals surface area contributed by atoms with Crippen molar-refractivity contribution < 1.29 is 9.53 Å². The number of pyridine rings is 1. The molecule has 3 nitrogen and oxygen atoms in total. The number of nitrogens with zero attached hydrogens (tertiary/aromatic N) is 1. The van der Waals surface area contributed by atoms with Crippen LogP contribution in [0.25, 0.3) is 10.9 Å². The van der Waals surface area contributed by atoms with Gasteiger partial charge in [-0.05, 0) is 37.8 Å². The third-order valence-corrected chi connectivity index (χ3v) is 4.54. The summed E-state index contributed by atoms with van der Waals surface area (Å²) in [5, 5.41) is 1.04. The van der Waals surface area contributed by atoms with Crippen molar-refractivity contribution in [1.82, 2.24) is 4.98 Å². The van der Waals surface area contributed by atoms with Crippen LogP contribution in [-0.4, -0.2) is 23.0 Å². The highest BCUT2D eigenvalue weighted by molar-refractivity contribution is 6.00. The van der Waals surface area contributed by atoms with Gasteiger partial charge in [-0.2, -0.15) is 0 Å². The Bertz CT molecular complexity index is 655. The molecule has 1 aromatic carbocycles. The maximum Gasteiger partial charge on any atom is 0.167 e. The molecule has 0 radical (unpaired) electrons. The van der Waals surface area contributed by atoms with Crippen LogP contribution in [0.1, 0.15) is 36.0 Å². The van der Waals surface area contributed by atoms with E-state index in [2.05, 4.69) is 4.98 Å². The topological polar surface area (TPSA) is 39.2 Å². The fourth-order valence-electron chi connectivity index (χ4n) is 3.51. The summed E-state index contributed by atoms with van der Waals surface area (Å²) in [6, 6.07) is 9.90. The van der Waals surface area contributed by atoms with Crippen molar-refractivity contribution in [3.05, 3.63) is 42.1 Å². The monoisotopic (exact) mass is 267 g/mol. The molecule has 0 spiro atoms. The molecular formula is C17H17NO2. The zero-order valence-corrected chi connectivity index (χ0v) is 11.3. The standard InChI is InChI=1S/C17H17NO2/c19-17(12-8-14-5-6-15(9-12)20-14)13-7-11-3-1-2-4-16(11)18-10-13/h1-4,7,10,12,14-15H,5-6,8-9H2. The first-order valence-electron chi connectivity index (χ1n) is 7.34. The molecule has 2 unspecified atom stereocenters. The summed E-state index contributed by atoms with van der Waals surface area (Å²) < 4.78 is 5.82. The van der Waals surface area contributed by atoms with Gasteiger partial charge in [0.15, 0.2) is 5.78 Å². The van der Waals surface area contributed by atoms with Crippen molar-refractivity contribution in [2.24, 2.45) is 5.92 Å². The highest BCUT2D eigenvalue weighted by Gasteiger charge is 2.38. The molecule has 2 aromatic rings. The molecule has 2 bridgehead atoms. The Morgan fingerprint density at radius 2 is 1.90 bits per heavy atom. The van der Waals surface area contributed by atoms with Crippen LogP contribution in [0.4, 0.5) is 0 Å². The summed E-state index contributed by atoms with van der Waals surface area (Å²) in [5.41, 5.74) is 1.69. The number of Topliss-reactive ketones (excluding diaryl/α,β-unsaturated/α-hetero) is 1. The van der Waals surface area contributed by atoms with Crippen molar-refractivity contribution >= 4 is 16.7 Å². The molecule has 102 valence electrons. The van der Waals surface area contributed by atoms with E-state index in [9.17, 15) is 4.79 Å². The number of carbonyl (C=O) groups excluding carboxylic acids is 1. The maximum absolute atomic E-state index is 12.7. The molecule has 0 aliphatic carbocycles. The minimum atomic E-state index is 0.115. The molecule has 0 saturated carbocycles. The quantitative estimate of drug-likeness (QED) is 0.783. The van der Waals surface area contributed by atoms with Gasteiger partial charge < -0.3 is 4.74 Å². The lowest BCUT2D eigenvalue weighted by Crippen LogP contribution is -2.30. The largest absolute Gasteiger partial charge is 0.375 e. The van der Waals surface area contributed by atoms with E-state index in [1.54, 1.807) is 6.20 Å². The van der Waals surface area contributed by atoms with Gasteiger partial charge in [0.25, 0.3) is 0 Å². The zero-order chi connectivity index (χ0) is 13.5. The van der Waals surface area contributed by atoms with E-state index < -0.39 is 0 Å². The number of hydrogen-bond donors (Lipinski definition) is 0. The number of benzene rings is 1. The minimum absolute atomic E-state index is 0.115. The Balaban J connectivity index is 1.63. The molecule has 1 aromatic heterocycles. The van der Waals surface area contributed by atoms with Gasteiger partial charge in [0.05, 0.1) is 17.7 Å². The van der Waals surface area contributed by atoms with E-state index in [4.69, 9.17) is 4.74 Å². The smallest absolute Gasteiger partial charge is 0.167 e. The lowest BCUT2D eigenvalue weighted by Gasteiger charge is -2.27. The predicted molar refractivity (Wildman–Crippen MR) is 76.7 cm³/mol. The third kappa shape index (κ3) is 2.02. The summed E-state index contributed by atoms with van der Waals surface area (Å²) in [5.74, 6) is 0.354. The molecule has 3 heterocycles. The second kappa shape index (κ2) is 4.67. The first-order valence-corrected chi connectivity index (χ1v) is 7.34. The number of ether oxygens (including phenoxy) is 1. The van der Waals surface area contributed by atoms with Crippen molar-refractivity contribution in [2.45, 2.75) is 37.9 Å². The molecule has 0 N–H and O–H groups in total. The van der Waals surface area contributed by atoms with E-state index in [1.165, 1.54) is 0 Å².